The van der Waals surface area contributed by atoms with Crippen molar-refractivity contribution in [3.63, 3.8) is 0 Å². The van der Waals surface area contributed by atoms with Crippen molar-refractivity contribution in [2.75, 3.05) is 0 Å². The number of tetrazole rings is 1. The lowest BCUT2D eigenvalue weighted by Gasteiger charge is -2.23. The summed E-state index contributed by atoms with van der Waals surface area (Å²) in [5.41, 5.74) is 1.14. The van der Waals surface area contributed by atoms with Crippen LogP contribution in [0.1, 0.15) is 42.5 Å². The molecular weight excluding hydrogens is 420 g/mol. The zero-order valence-corrected chi connectivity index (χ0v) is 18.3. The number of benzene rings is 1. The Morgan fingerprint density at radius 1 is 1.10 bits per heavy atom. The number of aromatic amines is 1. The van der Waals surface area contributed by atoms with E-state index in [0.29, 0.717) is 23.9 Å². The maximum atomic E-state index is 10.6. The van der Waals surface area contributed by atoms with Crippen molar-refractivity contribution in [2.45, 2.75) is 56.4 Å². The van der Waals surface area contributed by atoms with Crippen LogP contribution in [0.2, 0.25) is 0 Å². The van der Waals surface area contributed by atoms with Gasteiger partial charge in [-0.2, -0.15) is 0 Å². The first-order valence-electron chi connectivity index (χ1n) is 10.5. The Hall–Kier alpha value is -1.96. The molecule has 160 valence electrons. The number of phenolic OH excluding ortho intramolecular Hbond substituents is 1. The van der Waals surface area contributed by atoms with Crippen molar-refractivity contribution in [2.24, 2.45) is 11.8 Å². The van der Waals surface area contributed by atoms with E-state index in [0.717, 1.165) is 49.0 Å². The van der Waals surface area contributed by atoms with Crippen molar-refractivity contribution in [3.8, 4) is 16.5 Å². The van der Waals surface area contributed by atoms with Crippen LogP contribution < -0.4 is 0 Å². The van der Waals surface area contributed by atoms with E-state index in [1.807, 2.05) is 18.2 Å². The van der Waals surface area contributed by atoms with Gasteiger partial charge in [-0.25, -0.2) is 5.10 Å². The van der Waals surface area contributed by atoms with Crippen molar-refractivity contribution in [1.82, 2.24) is 20.6 Å². The Morgan fingerprint density at radius 2 is 1.93 bits per heavy atom. The van der Waals surface area contributed by atoms with Crippen LogP contribution in [0.5, 0.6) is 5.75 Å². The number of hydrogen-bond acceptors (Lipinski definition) is 6. The number of H-pyrrole nitrogens is 1. The molecule has 1 aliphatic carbocycles. The van der Waals surface area contributed by atoms with Crippen LogP contribution in [0.25, 0.3) is 10.7 Å². The summed E-state index contributed by atoms with van der Waals surface area (Å²) in [5.74, 6) is 1.62. The minimum Gasteiger partial charge on any atom is -0.508 e. The van der Waals surface area contributed by atoms with Gasteiger partial charge in [0.05, 0.1) is 11.0 Å². The molecule has 0 bridgehead atoms. The average Bonchev–Trinajstić information content (AvgIpc) is 3.45. The number of thiophene rings is 1. The number of aromatic nitrogens is 4. The highest BCUT2D eigenvalue weighted by Crippen LogP contribution is 2.42. The number of phenols is 1. The molecule has 0 unspecified atom stereocenters. The third-order valence-electron chi connectivity index (χ3n) is 6.09. The molecule has 1 aliphatic rings. The van der Waals surface area contributed by atoms with E-state index in [-0.39, 0.29) is 17.4 Å². The SMILES string of the molecule is Oc1cccc(CCC[C@@H]2[C@@H](CCCc3ccc(-c4nnn[nH]4)s3)[C@H](Cl)C[C@H]2O)c1. The standard InChI is InChI=1S/C22H27ClN4O2S/c23-19-13-20(29)18(9-2-5-14-4-1-6-15(28)12-14)17(19)8-3-7-16-10-11-21(30-16)22-24-26-27-25-22/h1,4,6,10-12,17-20,28-29H,2-3,5,7-9,13H2,(H,24,25,26,27)/t17-,18-,19-,20-/m1/s1. The number of halogens is 1. The van der Waals surface area contributed by atoms with Crippen molar-refractivity contribution in [1.29, 1.82) is 0 Å². The lowest BCUT2D eigenvalue weighted by atomic mass is 9.85. The van der Waals surface area contributed by atoms with Gasteiger partial charge >= 0.3 is 0 Å². The van der Waals surface area contributed by atoms with Crippen molar-refractivity contribution < 1.29 is 10.2 Å². The molecule has 1 saturated carbocycles. The maximum absolute atomic E-state index is 10.6. The molecule has 0 saturated heterocycles. The van der Waals surface area contributed by atoms with E-state index in [9.17, 15) is 10.2 Å². The molecule has 3 N–H and O–H groups in total. The van der Waals surface area contributed by atoms with E-state index in [2.05, 4.69) is 32.8 Å². The van der Waals surface area contributed by atoms with Gasteiger partial charge in [-0.05, 0) is 97.0 Å². The number of alkyl halides is 1. The zero-order valence-electron chi connectivity index (χ0n) is 16.7. The van der Waals surface area contributed by atoms with E-state index in [4.69, 9.17) is 11.6 Å². The third-order valence-corrected chi connectivity index (χ3v) is 7.74. The van der Waals surface area contributed by atoms with E-state index in [1.165, 1.54) is 4.88 Å². The molecule has 6 nitrogen and oxygen atoms in total. The first-order chi connectivity index (χ1) is 14.6. The highest BCUT2D eigenvalue weighted by Gasteiger charge is 2.40. The van der Waals surface area contributed by atoms with Crippen LogP contribution in [0.15, 0.2) is 36.4 Å². The Balaban J connectivity index is 1.27. The van der Waals surface area contributed by atoms with Crippen LogP contribution in [0.4, 0.5) is 0 Å². The summed E-state index contributed by atoms with van der Waals surface area (Å²) in [6.07, 6.45) is 6.32. The smallest absolute Gasteiger partial charge is 0.189 e. The Morgan fingerprint density at radius 3 is 2.73 bits per heavy atom. The van der Waals surface area contributed by atoms with Crippen LogP contribution in [-0.4, -0.2) is 42.3 Å². The van der Waals surface area contributed by atoms with Crippen LogP contribution in [0, 0.1) is 11.8 Å². The minimum atomic E-state index is -0.311. The minimum absolute atomic E-state index is 0.0462. The molecule has 4 rings (SSSR count). The highest BCUT2D eigenvalue weighted by atomic mass is 35.5. The molecule has 8 heteroatoms. The molecule has 0 radical (unpaired) electrons. The van der Waals surface area contributed by atoms with Gasteiger partial charge in [0.15, 0.2) is 5.82 Å². The molecule has 0 amide bonds. The predicted octanol–water partition coefficient (Wildman–Crippen LogP) is 4.58. The number of rotatable bonds is 9. The van der Waals surface area contributed by atoms with Crippen LogP contribution in [0.3, 0.4) is 0 Å². The van der Waals surface area contributed by atoms with E-state index >= 15 is 0 Å². The van der Waals surface area contributed by atoms with E-state index in [1.54, 1.807) is 17.4 Å². The quantitative estimate of drug-likeness (QED) is 0.418. The summed E-state index contributed by atoms with van der Waals surface area (Å²) in [7, 11) is 0. The van der Waals surface area contributed by atoms with Gasteiger partial charge in [0.25, 0.3) is 0 Å². The van der Waals surface area contributed by atoms with Gasteiger partial charge in [-0.1, -0.05) is 12.1 Å². The summed E-state index contributed by atoms with van der Waals surface area (Å²) in [6, 6.07) is 11.6. The fraction of sp³-hybridized carbons (Fsp3) is 0.500. The normalized spacial score (nSPS) is 23.8. The highest BCUT2D eigenvalue weighted by molar-refractivity contribution is 7.15. The second-order valence-corrected chi connectivity index (χ2v) is 9.85. The first-order valence-corrected chi connectivity index (χ1v) is 11.8. The molecule has 0 aliphatic heterocycles. The lowest BCUT2D eigenvalue weighted by molar-refractivity contribution is 0.108. The fourth-order valence-corrected chi connectivity index (χ4v) is 6.08. The first kappa shape index (κ1) is 21.3. The van der Waals surface area contributed by atoms with Crippen molar-refractivity contribution >= 4 is 22.9 Å². The summed E-state index contributed by atoms with van der Waals surface area (Å²) in [4.78, 5) is 2.36. The number of nitrogens with zero attached hydrogens (tertiary/aromatic N) is 3. The molecule has 1 fully saturated rings. The molecular formula is C22H27ClN4O2S. The van der Waals surface area contributed by atoms with Gasteiger partial charge in [0.1, 0.15) is 5.75 Å². The van der Waals surface area contributed by atoms with Gasteiger partial charge in [0, 0.05) is 10.3 Å². The second kappa shape index (κ2) is 9.90. The van der Waals surface area contributed by atoms with Gasteiger partial charge in [0.2, 0.25) is 0 Å². The molecule has 2 heterocycles. The number of aliphatic hydroxyl groups is 1. The average molecular weight is 447 g/mol. The summed E-state index contributed by atoms with van der Waals surface area (Å²) >= 11 is 8.33. The molecule has 0 spiro atoms. The van der Waals surface area contributed by atoms with E-state index < -0.39 is 0 Å². The molecule has 30 heavy (non-hydrogen) atoms. The second-order valence-electron chi connectivity index (χ2n) is 8.12. The zero-order chi connectivity index (χ0) is 20.9. The molecule has 3 aromatic rings. The number of nitrogens with one attached hydrogen (secondary N) is 1. The predicted molar refractivity (Wildman–Crippen MR) is 119 cm³/mol. The monoisotopic (exact) mass is 446 g/mol. The Bertz CT molecular complexity index is 933. The number of aromatic hydroxyl groups is 1. The Labute approximate surface area is 185 Å². The van der Waals surface area contributed by atoms with Gasteiger partial charge in [-0.3, -0.25) is 0 Å². The van der Waals surface area contributed by atoms with Gasteiger partial charge in [-0.15, -0.1) is 28.0 Å². The summed E-state index contributed by atoms with van der Waals surface area (Å²) in [5, 5.41) is 34.2. The summed E-state index contributed by atoms with van der Waals surface area (Å²) in [6.45, 7) is 0. The maximum Gasteiger partial charge on any atom is 0.189 e. The van der Waals surface area contributed by atoms with Crippen molar-refractivity contribution in [3.05, 3.63) is 46.8 Å². The summed E-state index contributed by atoms with van der Waals surface area (Å²) < 4.78 is 0. The van der Waals surface area contributed by atoms with Gasteiger partial charge < -0.3 is 10.2 Å². The Kier molecular flexibility index (Phi) is 7.02. The topological polar surface area (TPSA) is 94.9 Å². The molecule has 2 aromatic heterocycles. The van der Waals surface area contributed by atoms with Crippen LogP contribution >= 0.6 is 22.9 Å². The number of aliphatic hydroxyl groups excluding tert-OH is 1. The largest absolute Gasteiger partial charge is 0.508 e. The lowest BCUT2D eigenvalue weighted by Crippen LogP contribution is -2.21. The molecule has 4 atom stereocenters. The number of aryl methyl sites for hydroxylation is 2. The third kappa shape index (κ3) is 5.20. The fourth-order valence-electron chi connectivity index (χ4n) is 4.60. The molecule has 1 aromatic carbocycles. The number of hydrogen-bond donors (Lipinski definition) is 3. The van der Waals surface area contributed by atoms with Crippen LogP contribution in [-0.2, 0) is 12.8 Å².